The zero-order chi connectivity index (χ0) is 21.4. The first-order valence-corrected chi connectivity index (χ1v) is 10.7. The number of rotatable bonds is 7. The highest BCUT2D eigenvalue weighted by Crippen LogP contribution is 2.58. The predicted octanol–water partition coefficient (Wildman–Crippen LogP) is 3.01. The number of carboxylic acids is 1. The average Bonchev–Trinajstić information content (AvgIpc) is 2.75. The zero-order valence-electron chi connectivity index (χ0n) is 17.1. The van der Waals surface area contributed by atoms with E-state index in [0.717, 1.165) is 38.5 Å². The van der Waals surface area contributed by atoms with Crippen molar-refractivity contribution in [2.45, 2.75) is 43.9 Å². The van der Waals surface area contributed by atoms with Crippen LogP contribution in [0.5, 0.6) is 5.75 Å². The predicted molar refractivity (Wildman–Crippen MR) is 110 cm³/mol. The Morgan fingerprint density at radius 1 is 1.13 bits per heavy atom. The number of likely N-dealkylation sites (tertiary alicyclic amines) is 1. The van der Waals surface area contributed by atoms with Crippen LogP contribution in [0.25, 0.3) is 0 Å². The highest BCUT2D eigenvalue weighted by molar-refractivity contribution is 5.86. The number of hydrogen-bond acceptors (Lipinski definition) is 4. The Kier molecular flexibility index (Phi) is 5.57. The van der Waals surface area contributed by atoms with E-state index in [0.29, 0.717) is 30.7 Å². The zero-order valence-corrected chi connectivity index (χ0v) is 17.1. The summed E-state index contributed by atoms with van der Waals surface area (Å²) in [6.45, 7) is 0.978. The number of carbonyl (C=O) groups excluding carboxylic acids is 1. The molecular formula is C23H29FN2O4. The van der Waals surface area contributed by atoms with Crippen LogP contribution >= 0.6 is 0 Å². The van der Waals surface area contributed by atoms with Crippen LogP contribution in [-0.4, -0.2) is 48.1 Å². The fourth-order valence-electron chi connectivity index (χ4n) is 5.29. The van der Waals surface area contributed by atoms with Gasteiger partial charge in [0, 0.05) is 30.6 Å². The van der Waals surface area contributed by atoms with Crippen LogP contribution in [0.15, 0.2) is 36.2 Å². The molecule has 5 rings (SSSR count). The summed E-state index contributed by atoms with van der Waals surface area (Å²) in [5, 5.41) is 9.07. The molecule has 0 unspecified atom stereocenters. The van der Waals surface area contributed by atoms with Gasteiger partial charge < -0.3 is 20.5 Å². The van der Waals surface area contributed by atoms with Gasteiger partial charge in [-0.05, 0) is 61.6 Å². The van der Waals surface area contributed by atoms with Gasteiger partial charge in [-0.25, -0.2) is 4.39 Å². The second kappa shape index (κ2) is 8.02. The summed E-state index contributed by atoms with van der Waals surface area (Å²) in [5.74, 6) is -0.368. The SMILES string of the molecule is NC/C(=C\F)COc1ccc(C23CCC(C(=O)N4CC(C(=O)O)C4)(CC2)CC3)cc1. The number of carbonyl (C=O) groups is 2. The van der Waals surface area contributed by atoms with Crippen molar-refractivity contribution in [2.75, 3.05) is 26.2 Å². The maximum atomic E-state index is 13.1. The number of ether oxygens (including phenoxy) is 1. The van der Waals surface area contributed by atoms with Gasteiger partial charge in [0.2, 0.25) is 5.91 Å². The molecule has 3 saturated carbocycles. The second-order valence-electron chi connectivity index (χ2n) is 9.09. The molecule has 1 amide bonds. The first-order chi connectivity index (χ1) is 14.4. The molecule has 1 heterocycles. The van der Waals surface area contributed by atoms with Crippen LogP contribution in [0.3, 0.4) is 0 Å². The Balaban J connectivity index is 1.37. The van der Waals surface area contributed by atoms with Gasteiger partial charge in [-0.2, -0.15) is 0 Å². The highest BCUT2D eigenvalue weighted by atomic mass is 19.1. The largest absolute Gasteiger partial charge is 0.489 e. The van der Waals surface area contributed by atoms with Crippen molar-refractivity contribution >= 4 is 11.9 Å². The van der Waals surface area contributed by atoms with Crippen LogP contribution in [-0.2, 0) is 15.0 Å². The van der Waals surface area contributed by atoms with E-state index >= 15 is 0 Å². The van der Waals surface area contributed by atoms with E-state index in [-0.39, 0.29) is 29.9 Å². The van der Waals surface area contributed by atoms with E-state index in [1.807, 2.05) is 12.1 Å². The van der Waals surface area contributed by atoms with Gasteiger partial charge in [0.05, 0.1) is 12.2 Å². The maximum absolute atomic E-state index is 13.1. The molecule has 0 spiro atoms. The summed E-state index contributed by atoms with van der Waals surface area (Å²) >= 11 is 0. The number of hydrogen-bond donors (Lipinski definition) is 2. The van der Waals surface area contributed by atoms with Gasteiger partial charge in [0.1, 0.15) is 12.4 Å². The lowest BCUT2D eigenvalue weighted by Crippen LogP contribution is -2.60. The maximum Gasteiger partial charge on any atom is 0.310 e. The molecule has 3 aliphatic carbocycles. The van der Waals surface area contributed by atoms with Crippen molar-refractivity contribution < 1.29 is 23.8 Å². The van der Waals surface area contributed by atoms with Crippen LogP contribution in [0.4, 0.5) is 4.39 Å². The van der Waals surface area contributed by atoms with Gasteiger partial charge in [-0.15, -0.1) is 0 Å². The number of nitrogens with two attached hydrogens (primary N) is 1. The minimum Gasteiger partial charge on any atom is -0.489 e. The third kappa shape index (κ3) is 3.60. The monoisotopic (exact) mass is 416 g/mol. The van der Waals surface area contributed by atoms with Crippen LogP contribution in [0.2, 0.25) is 0 Å². The van der Waals surface area contributed by atoms with Crippen molar-refractivity contribution in [1.29, 1.82) is 0 Å². The van der Waals surface area contributed by atoms with Crippen LogP contribution in [0, 0.1) is 11.3 Å². The van der Waals surface area contributed by atoms with Crippen molar-refractivity contribution in [3.63, 3.8) is 0 Å². The van der Waals surface area contributed by atoms with Crippen molar-refractivity contribution in [3.05, 3.63) is 41.7 Å². The van der Waals surface area contributed by atoms with E-state index in [2.05, 4.69) is 12.1 Å². The topological polar surface area (TPSA) is 92.9 Å². The average molecular weight is 416 g/mol. The molecule has 7 heteroatoms. The van der Waals surface area contributed by atoms with Crippen molar-refractivity contribution in [3.8, 4) is 5.75 Å². The fourth-order valence-corrected chi connectivity index (χ4v) is 5.29. The molecule has 6 nitrogen and oxygen atoms in total. The van der Waals surface area contributed by atoms with Crippen LogP contribution in [0.1, 0.15) is 44.1 Å². The summed E-state index contributed by atoms with van der Waals surface area (Å²) in [6.07, 6.45) is 5.98. The molecule has 3 N–H and O–H groups in total. The summed E-state index contributed by atoms with van der Waals surface area (Å²) in [4.78, 5) is 25.8. The number of aliphatic carboxylic acids is 1. The molecule has 2 bridgehead atoms. The number of fused-ring (bicyclic) bond motifs is 3. The standard InChI is InChI=1S/C23H29FN2O4/c24-11-16(12-25)15-30-19-3-1-18(2-4-19)22-5-8-23(9-6-22,10-7-22)21(29)26-13-17(14-26)20(27)28/h1-4,11,17H,5-10,12-15,25H2,(H,27,28)/b16-11+. The minimum atomic E-state index is -0.810. The first-order valence-electron chi connectivity index (χ1n) is 10.7. The normalized spacial score (nSPS) is 28.9. The summed E-state index contributed by atoms with van der Waals surface area (Å²) < 4.78 is 18.2. The minimum absolute atomic E-state index is 0.0976. The Hall–Kier alpha value is -2.41. The third-order valence-corrected chi connectivity index (χ3v) is 7.53. The number of benzene rings is 1. The molecule has 4 aliphatic rings. The van der Waals surface area contributed by atoms with Gasteiger partial charge >= 0.3 is 5.97 Å². The molecule has 1 saturated heterocycles. The van der Waals surface area contributed by atoms with E-state index in [9.17, 15) is 14.0 Å². The number of amides is 1. The third-order valence-electron chi connectivity index (χ3n) is 7.53. The summed E-state index contributed by atoms with van der Waals surface area (Å²) in [7, 11) is 0. The lowest BCUT2D eigenvalue weighted by molar-refractivity contribution is -0.162. The van der Waals surface area contributed by atoms with Gasteiger partial charge in [0.15, 0.2) is 0 Å². The molecule has 4 fully saturated rings. The van der Waals surface area contributed by atoms with Crippen molar-refractivity contribution in [2.24, 2.45) is 17.1 Å². The Bertz CT molecular complexity index is 821. The van der Waals surface area contributed by atoms with E-state index in [1.54, 1.807) is 4.90 Å². The lowest BCUT2D eigenvalue weighted by atomic mass is 9.51. The Morgan fingerprint density at radius 2 is 1.73 bits per heavy atom. The van der Waals surface area contributed by atoms with Crippen LogP contribution < -0.4 is 10.5 Å². The molecule has 1 aromatic rings. The number of nitrogens with zero attached hydrogens (tertiary/aromatic N) is 1. The van der Waals surface area contributed by atoms with E-state index < -0.39 is 11.9 Å². The number of halogens is 1. The first kappa shape index (κ1) is 20.8. The van der Waals surface area contributed by atoms with Gasteiger partial charge in [-0.3, -0.25) is 9.59 Å². The van der Waals surface area contributed by atoms with Crippen molar-refractivity contribution in [1.82, 2.24) is 4.90 Å². The molecule has 1 aliphatic heterocycles. The molecule has 0 aromatic heterocycles. The van der Waals surface area contributed by atoms with E-state index in [1.165, 1.54) is 5.56 Å². The lowest BCUT2D eigenvalue weighted by Gasteiger charge is -2.55. The molecular weight excluding hydrogens is 387 g/mol. The Labute approximate surface area is 175 Å². The molecule has 162 valence electrons. The molecule has 30 heavy (non-hydrogen) atoms. The second-order valence-corrected chi connectivity index (χ2v) is 9.09. The molecule has 0 radical (unpaired) electrons. The summed E-state index contributed by atoms with van der Waals surface area (Å²) in [5.41, 5.74) is 6.93. The highest BCUT2D eigenvalue weighted by Gasteiger charge is 2.55. The number of carboxylic acid groups (broad SMARTS) is 1. The quantitative estimate of drug-likeness (QED) is 0.713. The molecule has 1 aromatic carbocycles. The van der Waals surface area contributed by atoms with Gasteiger partial charge in [-0.1, -0.05) is 12.1 Å². The van der Waals surface area contributed by atoms with E-state index in [4.69, 9.17) is 15.6 Å². The summed E-state index contributed by atoms with van der Waals surface area (Å²) in [6, 6.07) is 8.02. The van der Waals surface area contributed by atoms with Gasteiger partial charge in [0.25, 0.3) is 0 Å². The molecule has 0 atom stereocenters. The fraction of sp³-hybridized carbons (Fsp3) is 0.565. The Morgan fingerprint density at radius 3 is 2.23 bits per heavy atom. The smallest absolute Gasteiger partial charge is 0.310 e.